The number of nitrogens with zero attached hydrogens (tertiary/aromatic N) is 1. The average Bonchev–Trinajstić information content (AvgIpc) is 2.81. The predicted molar refractivity (Wildman–Crippen MR) is 103 cm³/mol. The van der Waals surface area contributed by atoms with E-state index >= 15 is 0 Å². The summed E-state index contributed by atoms with van der Waals surface area (Å²) in [5.41, 5.74) is 2.10. The van der Waals surface area contributed by atoms with Crippen LogP contribution >= 0.6 is 0 Å². The Kier molecular flexibility index (Phi) is 5.80. The van der Waals surface area contributed by atoms with Gasteiger partial charge in [0, 0.05) is 19.3 Å². The number of benzene rings is 2. The van der Waals surface area contributed by atoms with Crippen LogP contribution in [0, 0.1) is 0 Å². The number of amides is 3. The molecule has 142 valence electrons. The van der Waals surface area contributed by atoms with Crippen LogP contribution in [0.25, 0.3) is 0 Å². The highest BCUT2D eigenvalue weighted by molar-refractivity contribution is 5.99. The van der Waals surface area contributed by atoms with Crippen molar-refractivity contribution in [3.05, 3.63) is 53.6 Å². The van der Waals surface area contributed by atoms with Gasteiger partial charge in [-0.3, -0.25) is 4.79 Å². The first-order valence-corrected chi connectivity index (χ1v) is 8.77. The Bertz CT molecular complexity index is 820. The Labute approximate surface area is 158 Å². The molecular formula is C20H23N3O4. The van der Waals surface area contributed by atoms with Gasteiger partial charge in [0.2, 0.25) is 0 Å². The summed E-state index contributed by atoms with van der Waals surface area (Å²) in [7, 11) is 3.36. The van der Waals surface area contributed by atoms with Crippen LogP contribution in [0.2, 0.25) is 0 Å². The van der Waals surface area contributed by atoms with E-state index in [1.54, 1.807) is 37.3 Å². The number of fused-ring (bicyclic) bond motifs is 1. The van der Waals surface area contributed by atoms with E-state index in [2.05, 4.69) is 10.6 Å². The lowest BCUT2D eigenvalue weighted by Crippen LogP contribution is -2.30. The third kappa shape index (κ3) is 4.69. The molecule has 0 saturated heterocycles. The third-order valence-corrected chi connectivity index (χ3v) is 4.36. The maximum atomic E-state index is 12.4. The second kappa shape index (κ2) is 8.44. The molecule has 0 unspecified atom stereocenters. The van der Waals surface area contributed by atoms with Crippen LogP contribution in [0.4, 0.5) is 10.5 Å². The van der Waals surface area contributed by atoms with Crippen LogP contribution in [0.3, 0.4) is 0 Å². The highest BCUT2D eigenvalue weighted by Crippen LogP contribution is 2.26. The lowest BCUT2D eigenvalue weighted by Gasteiger charge is -2.13. The van der Waals surface area contributed by atoms with Crippen molar-refractivity contribution in [2.45, 2.75) is 6.42 Å². The maximum absolute atomic E-state index is 12.4. The number of urea groups is 1. The number of likely N-dealkylation sites (N-methyl/N-ethyl adjacent to an activating group) is 1. The van der Waals surface area contributed by atoms with Gasteiger partial charge in [0.1, 0.15) is 18.1 Å². The second-order valence-corrected chi connectivity index (χ2v) is 6.27. The topological polar surface area (TPSA) is 79.9 Å². The number of rotatable bonds is 5. The lowest BCUT2D eigenvalue weighted by molar-refractivity contribution is 0.0796. The van der Waals surface area contributed by atoms with E-state index in [4.69, 9.17) is 9.47 Å². The molecule has 1 heterocycles. The summed E-state index contributed by atoms with van der Waals surface area (Å²) in [5, 5.41) is 5.57. The van der Waals surface area contributed by atoms with Gasteiger partial charge in [-0.15, -0.1) is 0 Å². The van der Waals surface area contributed by atoms with Gasteiger partial charge in [0.25, 0.3) is 5.91 Å². The molecule has 0 radical (unpaired) electrons. The van der Waals surface area contributed by atoms with Crippen LogP contribution in [0.1, 0.15) is 15.9 Å². The standard InChI is InChI=1S/C20H23N3O4/c1-23-11-12-27-18-8-5-15(13-17(18)19(23)24)22-20(25)21-10-9-14-3-6-16(26-2)7-4-14/h3-8,13H,9-12H2,1-2H3,(H2,21,22,25). The lowest BCUT2D eigenvalue weighted by atomic mass is 10.1. The van der Waals surface area contributed by atoms with E-state index in [9.17, 15) is 9.59 Å². The summed E-state index contributed by atoms with van der Waals surface area (Å²) in [6.07, 6.45) is 0.707. The minimum absolute atomic E-state index is 0.119. The highest BCUT2D eigenvalue weighted by atomic mass is 16.5. The fraction of sp³-hybridized carbons (Fsp3) is 0.300. The summed E-state index contributed by atoms with van der Waals surface area (Å²) in [6, 6.07) is 12.5. The Morgan fingerprint density at radius 3 is 2.74 bits per heavy atom. The van der Waals surface area contributed by atoms with Gasteiger partial charge in [-0.1, -0.05) is 12.1 Å². The van der Waals surface area contributed by atoms with Crippen LogP contribution in [0.5, 0.6) is 11.5 Å². The van der Waals surface area contributed by atoms with Crippen molar-refractivity contribution in [2.24, 2.45) is 0 Å². The summed E-state index contributed by atoms with van der Waals surface area (Å²) in [6.45, 7) is 1.48. The largest absolute Gasteiger partial charge is 0.497 e. The molecule has 0 aromatic heterocycles. The van der Waals surface area contributed by atoms with Crippen molar-refractivity contribution < 1.29 is 19.1 Å². The fourth-order valence-electron chi connectivity index (χ4n) is 2.79. The zero-order chi connectivity index (χ0) is 19.2. The van der Waals surface area contributed by atoms with Crippen molar-refractivity contribution in [1.82, 2.24) is 10.2 Å². The minimum Gasteiger partial charge on any atom is -0.497 e. The molecule has 3 rings (SSSR count). The number of hydrogen-bond acceptors (Lipinski definition) is 4. The monoisotopic (exact) mass is 369 g/mol. The molecule has 1 aliphatic rings. The van der Waals surface area contributed by atoms with E-state index < -0.39 is 0 Å². The van der Waals surface area contributed by atoms with Gasteiger partial charge in [-0.2, -0.15) is 0 Å². The zero-order valence-corrected chi connectivity index (χ0v) is 15.5. The summed E-state index contributed by atoms with van der Waals surface area (Å²) in [5.74, 6) is 1.22. The molecule has 0 atom stereocenters. The molecule has 0 aliphatic carbocycles. The van der Waals surface area contributed by atoms with Crippen molar-refractivity contribution >= 4 is 17.6 Å². The fourth-order valence-corrected chi connectivity index (χ4v) is 2.79. The van der Waals surface area contributed by atoms with E-state index in [-0.39, 0.29) is 11.9 Å². The van der Waals surface area contributed by atoms with Crippen molar-refractivity contribution in [1.29, 1.82) is 0 Å². The van der Waals surface area contributed by atoms with Gasteiger partial charge in [-0.05, 0) is 42.3 Å². The zero-order valence-electron chi connectivity index (χ0n) is 15.5. The average molecular weight is 369 g/mol. The molecule has 2 aromatic carbocycles. The second-order valence-electron chi connectivity index (χ2n) is 6.27. The predicted octanol–water partition coefficient (Wildman–Crippen LogP) is 2.52. The first kappa shape index (κ1) is 18.6. The number of nitrogens with one attached hydrogen (secondary N) is 2. The Morgan fingerprint density at radius 2 is 2.00 bits per heavy atom. The number of carbonyl (C=O) groups excluding carboxylic acids is 2. The quantitative estimate of drug-likeness (QED) is 0.849. The van der Waals surface area contributed by atoms with Gasteiger partial charge in [0.15, 0.2) is 0 Å². The molecule has 0 saturated carbocycles. The summed E-state index contributed by atoms with van der Waals surface area (Å²) in [4.78, 5) is 26.1. The van der Waals surface area contributed by atoms with Gasteiger partial charge >= 0.3 is 6.03 Å². The number of ether oxygens (including phenoxy) is 2. The van der Waals surface area contributed by atoms with E-state index in [1.807, 2.05) is 24.3 Å². The highest BCUT2D eigenvalue weighted by Gasteiger charge is 2.21. The first-order valence-electron chi connectivity index (χ1n) is 8.77. The maximum Gasteiger partial charge on any atom is 0.319 e. The van der Waals surface area contributed by atoms with Crippen LogP contribution in [-0.4, -0.2) is 50.7 Å². The van der Waals surface area contributed by atoms with Crippen LogP contribution in [-0.2, 0) is 6.42 Å². The minimum atomic E-state index is -0.321. The molecule has 0 spiro atoms. The molecule has 7 heteroatoms. The molecule has 0 bridgehead atoms. The molecule has 3 amide bonds. The van der Waals surface area contributed by atoms with Gasteiger partial charge in [-0.25, -0.2) is 4.79 Å². The molecular weight excluding hydrogens is 346 g/mol. The summed E-state index contributed by atoms with van der Waals surface area (Å²) < 4.78 is 10.7. The smallest absolute Gasteiger partial charge is 0.319 e. The number of hydrogen-bond donors (Lipinski definition) is 2. The molecule has 2 aromatic rings. The normalized spacial score (nSPS) is 13.3. The molecule has 7 nitrogen and oxygen atoms in total. The van der Waals surface area contributed by atoms with Gasteiger partial charge in [0.05, 0.1) is 19.2 Å². The SMILES string of the molecule is COc1ccc(CCNC(=O)Nc2ccc3c(c2)C(=O)N(C)CCO3)cc1. The first-order chi connectivity index (χ1) is 13.1. The van der Waals surface area contributed by atoms with Crippen LogP contribution in [0.15, 0.2) is 42.5 Å². The Morgan fingerprint density at radius 1 is 1.22 bits per heavy atom. The van der Waals surface area contributed by atoms with E-state index in [1.165, 1.54) is 0 Å². The number of methoxy groups -OCH3 is 1. The molecule has 2 N–H and O–H groups in total. The van der Waals surface area contributed by atoms with Crippen molar-refractivity contribution in [3.63, 3.8) is 0 Å². The summed E-state index contributed by atoms with van der Waals surface area (Å²) >= 11 is 0. The Hall–Kier alpha value is -3.22. The van der Waals surface area contributed by atoms with Crippen molar-refractivity contribution in [3.8, 4) is 11.5 Å². The Balaban J connectivity index is 1.54. The van der Waals surface area contributed by atoms with Crippen molar-refractivity contribution in [2.75, 3.05) is 39.2 Å². The number of carbonyl (C=O) groups is 2. The molecule has 0 fully saturated rings. The van der Waals surface area contributed by atoms with E-state index in [0.717, 1.165) is 11.3 Å². The van der Waals surface area contributed by atoms with E-state index in [0.29, 0.717) is 43.1 Å². The third-order valence-electron chi connectivity index (χ3n) is 4.36. The number of anilines is 1. The van der Waals surface area contributed by atoms with Crippen LogP contribution < -0.4 is 20.1 Å². The molecule has 1 aliphatic heterocycles. The molecule has 27 heavy (non-hydrogen) atoms. The van der Waals surface area contributed by atoms with Gasteiger partial charge < -0.3 is 25.0 Å².